The molecule has 0 bridgehead atoms. The van der Waals surface area contributed by atoms with Crippen LogP contribution in [0.25, 0.3) is 0 Å². The molecule has 2 aromatic carbocycles. The van der Waals surface area contributed by atoms with E-state index >= 15 is 0 Å². The minimum absolute atomic E-state index is 0.192. The molecule has 0 spiro atoms. The standard InChI is InChI=1S/C22H25ClFN3O3/c1-22(2,3)27(21(29)30)19(15-8-5-4-6-9-15)20(28)26-13-7-12-25(26)18-11-10-16(24)14-17(18)23/h4-6,8-11,14,19H,7,12-13H2,1-3H3,(H,29,30)/t19-/m0/s1. The first-order valence-corrected chi connectivity index (χ1v) is 10.1. The number of rotatable bonds is 4. The number of amides is 2. The molecule has 3 rings (SSSR count). The van der Waals surface area contributed by atoms with Gasteiger partial charge in [0.05, 0.1) is 10.7 Å². The Balaban J connectivity index is 2.05. The Labute approximate surface area is 180 Å². The molecule has 1 fully saturated rings. The van der Waals surface area contributed by atoms with Gasteiger partial charge in [-0.05, 0) is 51.0 Å². The first-order valence-electron chi connectivity index (χ1n) is 9.72. The SMILES string of the molecule is CC(C)(C)N(C(=O)O)[C@H](C(=O)N1CCCN1c1ccc(F)cc1Cl)c1ccccc1. The van der Waals surface area contributed by atoms with Crippen molar-refractivity contribution >= 4 is 29.3 Å². The number of carboxylic acid groups (broad SMARTS) is 1. The Kier molecular flexibility index (Phi) is 6.22. The minimum Gasteiger partial charge on any atom is -0.465 e. The number of halogens is 2. The van der Waals surface area contributed by atoms with Gasteiger partial charge in [0.2, 0.25) is 0 Å². The highest BCUT2D eigenvalue weighted by Gasteiger charge is 2.42. The molecule has 2 amide bonds. The summed E-state index contributed by atoms with van der Waals surface area (Å²) in [7, 11) is 0. The number of carbonyl (C=O) groups is 2. The molecule has 1 aliphatic heterocycles. The molecule has 0 aliphatic carbocycles. The zero-order valence-corrected chi connectivity index (χ0v) is 17.9. The summed E-state index contributed by atoms with van der Waals surface area (Å²) >= 11 is 6.24. The van der Waals surface area contributed by atoms with Crippen molar-refractivity contribution < 1.29 is 19.1 Å². The first kappa shape index (κ1) is 21.9. The van der Waals surface area contributed by atoms with Crippen molar-refractivity contribution in [3.63, 3.8) is 0 Å². The Morgan fingerprint density at radius 2 is 1.80 bits per heavy atom. The van der Waals surface area contributed by atoms with Gasteiger partial charge >= 0.3 is 6.09 Å². The number of hydrogen-bond donors (Lipinski definition) is 1. The number of benzene rings is 2. The highest BCUT2D eigenvalue weighted by Crippen LogP contribution is 2.35. The summed E-state index contributed by atoms with van der Waals surface area (Å²) in [5.74, 6) is -0.843. The van der Waals surface area contributed by atoms with E-state index in [1.807, 2.05) is 6.07 Å². The Hall–Kier alpha value is -2.80. The fourth-order valence-corrected chi connectivity index (χ4v) is 4.01. The fraction of sp³-hybridized carbons (Fsp3) is 0.364. The molecule has 0 aromatic heterocycles. The van der Waals surface area contributed by atoms with Gasteiger partial charge in [-0.3, -0.25) is 19.7 Å². The Morgan fingerprint density at radius 1 is 1.13 bits per heavy atom. The third kappa shape index (κ3) is 4.36. The molecule has 0 radical (unpaired) electrons. The molecule has 1 heterocycles. The van der Waals surface area contributed by atoms with Crippen molar-refractivity contribution in [2.24, 2.45) is 0 Å². The number of carbonyl (C=O) groups excluding carboxylic acids is 1. The van der Waals surface area contributed by atoms with Gasteiger partial charge in [0.25, 0.3) is 5.91 Å². The van der Waals surface area contributed by atoms with E-state index in [9.17, 15) is 19.1 Å². The lowest BCUT2D eigenvalue weighted by atomic mass is 9.97. The van der Waals surface area contributed by atoms with Gasteiger partial charge in [0, 0.05) is 18.6 Å². The van der Waals surface area contributed by atoms with Crippen LogP contribution in [-0.4, -0.2) is 45.6 Å². The second kappa shape index (κ2) is 8.52. The van der Waals surface area contributed by atoms with Crippen LogP contribution in [0.4, 0.5) is 14.9 Å². The van der Waals surface area contributed by atoms with Crippen molar-refractivity contribution in [3.05, 3.63) is 64.9 Å². The fourth-order valence-electron chi connectivity index (χ4n) is 3.75. The van der Waals surface area contributed by atoms with Crippen LogP contribution in [-0.2, 0) is 4.79 Å². The molecular weight excluding hydrogens is 409 g/mol. The molecule has 6 nitrogen and oxygen atoms in total. The van der Waals surface area contributed by atoms with E-state index < -0.39 is 23.5 Å². The summed E-state index contributed by atoms with van der Waals surface area (Å²) in [4.78, 5) is 27.1. The maximum Gasteiger partial charge on any atom is 0.408 e. The minimum atomic E-state index is -1.18. The third-order valence-corrected chi connectivity index (χ3v) is 5.31. The molecule has 0 saturated carbocycles. The number of hydrazine groups is 1. The van der Waals surface area contributed by atoms with Crippen LogP contribution in [0.3, 0.4) is 0 Å². The monoisotopic (exact) mass is 433 g/mol. The first-order chi connectivity index (χ1) is 14.1. The van der Waals surface area contributed by atoms with Crippen LogP contribution in [0, 0.1) is 5.82 Å². The van der Waals surface area contributed by atoms with Gasteiger partial charge in [0.1, 0.15) is 11.9 Å². The molecule has 1 saturated heterocycles. The van der Waals surface area contributed by atoms with Crippen LogP contribution < -0.4 is 5.01 Å². The second-order valence-electron chi connectivity index (χ2n) is 8.17. The van der Waals surface area contributed by atoms with Crippen LogP contribution >= 0.6 is 11.6 Å². The van der Waals surface area contributed by atoms with Crippen molar-refractivity contribution in [1.82, 2.24) is 9.91 Å². The zero-order valence-electron chi connectivity index (χ0n) is 17.2. The van der Waals surface area contributed by atoms with E-state index in [0.717, 1.165) is 0 Å². The molecule has 160 valence electrons. The number of nitrogens with zero attached hydrogens (tertiary/aromatic N) is 3. The van der Waals surface area contributed by atoms with Crippen molar-refractivity contribution in [2.45, 2.75) is 38.8 Å². The van der Waals surface area contributed by atoms with Gasteiger partial charge in [-0.1, -0.05) is 41.9 Å². The highest BCUT2D eigenvalue weighted by atomic mass is 35.5. The summed E-state index contributed by atoms with van der Waals surface area (Å²) in [6.07, 6.45) is -0.501. The van der Waals surface area contributed by atoms with E-state index in [4.69, 9.17) is 11.6 Å². The maximum absolute atomic E-state index is 13.8. The topological polar surface area (TPSA) is 64.1 Å². The number of hydrogen-bond acceptors (Lipinski definition) is 3. The van der Waals surface area contributed by atoms with E-state index in [0.29, 0.717) is 30.8 Å². The third-order valence-electron chi connectivity index (χ3n) is 5.01. The van der Waals surface area contributed by atoms with Crippen molar-refractivity contribution in [3.8, 4) is 0 Å². The quantitative estimate of drug-likeness (QED) is 0.740. The molecule has 2 aromatic rings. The lowest BCUT2D eigenvalue weighted by Gasteiger charge is -2.42. The summed E-state index contributed by atoms with van der Waals surface area (Å²) in [6, 6.07) is 11.8. The van der Waals surface area contributed by atoms with Gasteiger partial charge in [-0.2, -0.15) is 0 Å². The largest absolute Gasteiger partial charge is 0.465 e. The van der Waals surface area contributed by atoms with Gasteiger partial charge < -0.3 is 5.11 Å². The number of anilines is 1. The van der Waals surface area contributed by atoms with E-state index in [2.05, 4.69) is 0 Å². The molecular formula is C22H25ClFN3O3. The van der Waals surface area contributed by atoms with Gasteiger partial charge in [-0.15, -0.1) is 0 Å². The molecule has 8 heteroatoms. The van der Waals surface area contributed by atoms with Crippen molar-refractivity contribution in [2.75, 3.05) is 18.1 Å². The summed E-state index contributed by atoms with van der Waals surface area (Å²) in [6.45, 7) is 6.18. The lowest BCUT2D eigenvalue weighted by molar-refractivity contribution is -0.138. The van der Waals surface area contributed by atoms with Crippen LogP contribution in [0.2, 0.25) is 5.02 Å². The van der Waals surface area contributed by atoms with E-state index in [1.165, 1.54) is 28.1 Å². The van der Waals surface area contributed by atoms with Crippen LogP contribution in [0.1, 0.15) is 38.8 Å². The predicted octanol–water partition coefficient (Wildman–Crippen LogP) is 4.95. The molecule has 1 N–H and O–H groups in total. The van der Waals surface area contributed by atoms with Crippen molar-refractivity contribution in [1.29, 1.82) is 0 Å². The summed E-state index contributed by atoms with van der Waals surface area (Å²) in [5, 5.41) is 13.4. The molecule has 1 aliphatic rings. The van der Waals surface area contributed by atoms with Crippen LogP contribution in [0.15, 0.2) is 48.5 Å². The smallest absolute Gasteiger partial charge is 0.408 e. The molecule has 30 heavy (non-hydrogen) atoms. The van der Waals surface area contributed by atoms with E-state index in [1.54, 1.807) is 50.0 Å². The Bertz CT molecular complexity index is 933. The van der Waals surface area contributed by atoms with Gasteiger partial charge in [0.15, 0.2) is 0 Å². The predicted molar refractivity (Wildman–Crippen MR) is 114 cm³/mol. The summed E-state index contributed by atoms with van der Waals surface area (Å²) in [5.41, 5.74) is 0.269. The normalized spacial score (nSPS) is 15.2. The average molecular weight is 434 g/mol. The second-order valence-corrected chi connectivity index (χ2v) is 8.58. The maximum atomic E-state index is 13.8. The van der Waals surface area contributed by atoms with Crippen LogP contribution in [0.5, 0.6) is 0 Å². The molecule has 0 unspecified atom stereocenters. The van der Waals surface area contributed by atoms with E-state index in [-0.39, 0.29) is 10.9 Å². The highest BCUT2D eigenvalue weighted by molar-refractivity contribution is 6.33. The lowest BCUT2D eigenvalue weighted by Crippen LogP contribution is -2.54. The zero-order chi connectivity index (χ0) is 22.1. The average Bonchev–Trinajstić information content (AvgIpc) is 3.14. The Morgan fingerprint density at radius 3 is 2.37 bits per heavy atom. The summed E-state index contributed by atoms with van der Waals surface area (Å²) < 4.78 is 13.5. The molecule has 1 atom stereocenters. The van der Waals surface area contributed by atoms with Gasteiger partial charge in [-0.25, -0.2) is 9.18 Å².